The van der Waals surface area contributed by atoms with E-state index < -0.39 is 0 Å². The molecule has 0 aliphatic carbocycles. The summed E-state index contributed by atoms with van der Waals surface area (Å²) in [6, 6.07) is 6.47. The molecule has 0 aliphatic rings. The highest BCUT2D eigenvalue weighted by Gasteiger charge is 1.89. The zero-order valence-corrected chi connectivity index (χ0v) is 5.89. The monoisotopic (exact) mass is 155 g/mol. The highest BCUT2D eigenvalue weighted by Crippen LogP contribution is 2.01. The molecule has 62 valence electrons. The minimum absolute atomic E-state index is 0. The number of benzene rings is 1. The van der Waals surface area contributed by atoms with Crippen LogP contribution in [0.2, 0.25) is 0 Å². The van der Waals surface area contributed by atoms with E-state index in [2.05, 4.69) is 5.32 Å². The van der Waals surface area contributed by atoms with Crippen LogP contribution in [0.15, 0.2) is 24.3 Å². The van der Waals surface area contributed by atoms with E-state index in [1.807, 2.05) is 7.05 Å². The fourth-order valence-corrected chi connectivity index (χ4v) is 0.806. The molecule has 1 aromatic carbocycles. The Hall–Kier alpha value is -0.890. The quantitative estimate of drug-likeness (QED) is 0.690. The van der Waals surface area contributed by atoms with Gasteiger partial charge in [-0.05, 0) is 24.7 Å². The molecule has 1 N–H and O–H groups in total. The van der Waals surface area contributed by atoms with Crippen LogP contribution in [0.3, 0.4) is 0 Å². The minimum atomic E-state index is -0.181. The van der Waals surface area contributed by atoms with E-state index in [1.54, 1.807) is 12.1 Å². The second-order valence-electron chi connectivity index (χ2n) is 2.16. The van der Waals surface area contributed by atoms with Crippen molar-refractivity contribution < 1.29 is 4.39 Å². The minimum Gasteiger partial charge on any atom is -0.316 e. The van der Waals surface area contributed by atoms with Gasteiger partial charge in [0.25, 0.3) is 0 Å². The summed E-state index contributed by atoms with van der Waals surface area (Å²) in [5.41, 5.74) is 1.10. The fourth-order valence-electron chi connectivity index (χ4n) is 0.806. The molecular formula is C9H14FN. The van der Waals surface area contributed by atoms with Crippen LogP contribution in [0.25, 0.3) is 0 Å². The normalized spacial score (nSPS) is 8.91. The molecule has 0 aromatic heterocycles. The molecule has 0 aliphatic heterocycles. The number of hydrogen-bond donors (Lipinski definition) is 1. The van der Waals surface area contributed by atoms with Crippen molar-refractivity contribution in [2.24, 2.45) is 0 Å². The van der Waals surface area contributed by atoms with Crippen molar-refractivity contribution in [1.82, 2.24) is 5.32 Å². The first kappa shape index (κ1) is 10.1. The van der Waals surface area contributed by atoms with Crippen LogP contribution >= 0.6 is 0 Å². The Kier molecular flexibility index (Phi) is 4.46. The first-order valence-corrected chi connectivity index (χ1v) is 3.22. The number of nitrogens with one attached hydrogen (secondary N) is 1. The van der Waals surface area contributed by atoms with E-state index in [-0.39, 0.29) is 13.2 Å². The zero-order valence-electron chi connectivity index (χ0n) is 5.89. The van der Waals surface area contributed by atoms with Crippen LogP contribution in [-0.4, -0.2) is 7.05 Å². The van der Waals surface area contributed by atoms with E-state index in [4.69, 9.17) is 0 Å². The molecule has 1 aromatic rings. The van der Waals surface area contributed by atoms with E-state index in [0.717, 1.165) is 12.1 Å². The van der Waals surface area contributed by atoms with Crippen LogP contribution < -0.4 is 5.32 Å². The molecule has 0 radical (unpaired) electrons. The molecule has 0 heterocycles. The average Bonchev–Trinajstić information content (AvgIpc) is 1.95. The molecule has 0 atom stereocenters. The van der Waals surface area contributed by atoms with Gasteiger partial charge in [-0.25, -0.2) is 4.39 Å². The van der Waals surface area contributed by atoms with Gasteiger partial charge in [0.1, 0.15) is 5.82 Å². The molecule has 0 saturated heterocycles. The second-order valence-corrected chi connectivity index (χ2v) is 2.16. The lowest BCUT2D eigenvalue weighted by atomic mass is 10.2. The summed E-state index contributed by atoms with van der Waals surface area (Å²) in [6.07, 6.45) is 0. The topological polar surface area (TPSA) is 12.0 Å². The highest BCUT2D eigenvalue weighted by atomic mass is 19.1. The molecule has 0 fully saturated rings. The Balaban J connectivity index is 0.000001000. The van der Waals surface area contributed by atoms with Gasteiger partial charge in [-0.2, -0.15) is 0 Å². The standard InChI is InChI=1S/C8H10FN.CH4/c1-10-6-7-2-4-8(9)5-3-7;/h2-5,10H,6H2,1H3;1H4. The number of halogens is 1. The molecular weight excluding hydrogens is 141 g/mol. The molecule has 0 saturated carbocycles. The van der Waals surface area contributed by atoms with Crippen molar-refractivity contribution in [3.63, 3.8) is 0 Å². The maximum Gasteiger partial charge on any atom is 0.123 e. The van der Waals surface area contributed by atoms with Crippen LogP contribution in [0.1, 0.15) is 13.0 Å². The largest absolute Gasteiger partial charge is 0.316 e. The van der Waals surface area contributed by atoms with Gasteiger partial charge < -0.3 is 5.32 Å². The van der Waals surface area contributed by atoms with Crippen molar-refractivity contribution >= 4 is 0 Å². The fraction of sp³-hybridized carbons (Fsp3) is 0.333. The highest BCUT2D eigenvalue weighted by molar-refractivity contribution is 5.15. The van der Waals surface area contributed by atoms with E-state index in [1.165, 1.54) is 12.1 Å². The van der Waals surface area contributed by atoms with E-state index in [9.17, 15) is 4.39 Å². The third-order valence-corrected chi connectivity index (χ3v) is 1.29. The summed E-state index contributed by atoms with van der Waals surface area (Å²) in [7, 11) is 1.86. The van der Waals surface area contributed by atoms with Crippen molar-refractivity contribution in [3.05, 3.63) is 35.6 Å². The molecule has 11 heavy (non-hydrogen) atoms. The maximum atomic E-state index is 12.3. The summed E-state index contributed by atoms with van der Waals surface area (Å²) in [5.74, 6) is -0.181. The lowest BCUT2D eigenvalue weighted by Crippen LogP contribution is -2.04. The maximum absolute atomic E-state index is 12.3. The van der Waals surface area contributed by atoms with Crippen molar-refractivity contribution in [3.8, 4) is 0 Å². The predicted molar refractivity (Wildman–Crippen MR) is 45.9 cm³/mol. The van der Waals surface area contributed by atoms with Gasteiger partial charge >= 0.3 is 0 Å². The molecule has 0 amide bonds. The lowest BCUT2D eigenvalue weighted by molar-refractivity contribution is 0.626. The first-order valence-electron chi connectivity index (χ1n) is 3.22. The van der Waals surface area contributed by atoms with Crippen molar-refractivity contribution in [2.45, 2.75) is 14.0 Å². The molecule has 1 nitrogen and oxygen atoms in total. The number of hydrogen-bond acceptors (Lipinski definition) is 1. The van der Waals surface area contributed by atoms with Crippen molar-refractivity contribution in [2.75, 3.05) is 7.05 Å². The Morgan fingerprint density at radius 1 is 1.27 bits per heavy atom. The van der Waals surface area contributed by atoms with Crippen LogP contribution in [0.5, 0.6) is 0 Å². The first-order chi connectivity index (χ1) is 4.83. The Morgan fingerprint density at radius 2 is 1.82 bits per heavy atom. The van der Waals surface area contributed by atoms with Gasteiger partial charge in [-0.3, -0.25) is 0 Å². The summed E-state index contributed by atoms with van der Waals surface area (Å²) in [5, 5.41) is 2.98. The Bertz CT molecular complexity index is 193. The predicted octanol–water partition coefficient (Wildman–Crippen LogP) is 2.18. The van der Waals surface area contributed by atoms with Gasteiger partial charge in [0, 0.05) is 6.54 Å². The molecule has 0 bridgehead atoms. The third kappa shape index (κ3) is 3.14. The molecule has 1 rings (SSSR count). The summed E-state index contributed by atoms with van der Waals surface area (Å²) < 4.78 is 12.3. The van der Waals surface area contributed by atoms with Gasteiger partial charge in [-0.15, -0.1) is 0 Å². The average molecular weight is 155 g/mol. The smallest absolute Gasteiger partial charge is 0.123 e. The molecule has 0 unspecified atom stereocenters. The van der Waals surface area contributed by atoms with Crippen LogP contribution in [-0.2, 0) is 6.54 Å². The number of rotatable bonds is 2. The van der Waals surface area contributed by atoms with Gasteiger partial charge in [0.2, 0.25) is 0 Å². The SMILES string of the molecule is C.CNCc1ccc(F)cc1. The molecule has 2 heteroatoms. The summed E-state index contributed by atoms with van der Waals surface area (Å²) in [4.78, 5) is 0. The second kappa shape index (κ2) is 4.85. The Labute approximate surface area is 67.2 Å². The lowest BCUT2D eigenvalue weighted by Gasteiger charge is -1.97. The van der Waals surface area contributed by atoms with E-state index in [0.29, 0.717) is 0 Å². The van der Waals surface area contributed by atoms with E-state index >= 15 is 0 Å². The van der Waals surface area contributed by atoms with Crippen LogP contribution in [0, 0.1) is 5.82 Å². The Morgan fingerprint density at radius 3 is 2.27 bits per heavy atom. The van der Waals surface area contributed by atoms with Crippen molar-refractivity contribution in [1.29, 1.82) is 0 Å². The van der Waals surface area contributed by atoms with Gasteiger partial charge in [-0.1, -0.05) is 19.6 Å². The van der Waals surface area contributed by atoms with Gasteiger partial charge in [0.15, 0.2) is 0 Å². The van der Waals surface area contributed by atoms with Crippen LogP contribution in [0.4, 0.5) is 4.39 Å². The zero-order chi connectivity index (χ0) is 7.40. The molecule has 0 spiro atoms. The third-order valence-electron chi connectivity index (χ3n) is 1.29. The summed E-state index contributed by atoms with van der Waals surface area (Å²) >= 11 is 0. The summed E-state index contributed by atoms with van der Waals surface area (Å²) in [6.45, 7) is 0.792. The van der Waals surface area contributed by atoms with Gasteiger partial charge in [0.05, 0.1) is 0 Å².